The molecule has 1 aromatic heterocycles. The van der Waals surface area contributed by atoms with Gasteiger partial charge in [0.15, 0.2) is 6.04 Å². The van der Waals surface area contributed by atoms with Crippen molar-refractivity contribution in [2.45, 2.75) is 45.2 Å². The molecule has 1 aliphatic rings. The van der Waals surface area contributed by atoms with Crippen molar-refractivity contribution in [2.75, 3.05) is 13.1 Å². The third-order valence-electron chi connectivity index (χ3n) is 5.54. The van der Waals surface area contributed by atoms with Crippen molar-refractivity contribution in [3.8, 4) is 0 Å². The van der Waals surface area contributed by atoms with Crippen molar-refractivity contribution in [1.29, 1.82) is 0 Å². The van der Waals surface area contributed by atoms with Gasteiger partial charge >= 0.3 is 0 Å². The zero-order valence-electron chi connectivity index (χ0n) is 18.1. The van der Waals surface area contributed by atoms with Crippen molar-refractivity contribution in [2.24, 2.45) is 0 Å². The Morgan fingerprint density at radius 2 is 1.71 bits per heavy atom. The first kappa shape index (κ1) is 21.3. The van der Waals surface area contributed by atoms with Crippen molar-refractivity contribution < 1.29 is 9.53 Å². The number of benzene rings is 2. The molecule has 0 radical (unpaired) electrons. The van der Waals surface area contributed by atoms with Crippen LogP contribution in [0.2, 0.25) is 0 Å². The predicted octanol–water partition coefficient (Wildman–Crippen LogP) is 3.40. The van der Waals surface area contributed by atoms with Crippen LogP contribution in [-0.4, -0.2) is 45.9 Å². The quantitative estimate of drug-likeness (QED) is 0.639. The molecule has 1 fully saturated rings. The first-order valence-corrected chi connectivity index (χ1v) is 10.9. The number of hydrogen-bond donors (Lipinski definition) is 1. The van der Waals surface area contributed by atoms with E-state index >= 15 is 0 Å². The average Bonchev–Trinajstić information content (AvgIpc) is 3.28. The van der Waals surface area contributed by atoms with Gasteiger partial charge in [0, 0.05) is 38.6 Å². The molecule has 3 aromatic rings. The Morgan fingerprint density at radius 1 is 1.03 bits per heavy atom. The van der Waals surface area contributed by atoms with E-state index in [0.717, 1.165) is 30.8 Å². The lowest BCUT2D eigenvalue weighted by molar-refractivity contribution is -0.123. The van der Waals surface area contributed by atoms with Crippen LogP contribution in [0.5, 0.6) is 0 Å². The monoisotopic (exact) mass is 418 g/mol. The summed E-state index contributed by atoms with van der Waals surface area (Å²) in [7, 11) is 0. The number of morpholine rings is 1. The maximum absolute atomic E-state index is 13.0. The molecule has 1 amide bonds. The van der Waals surface area contributed by atoms with Crippen LogP contribution in [-0.2, 0) is 22.6 Å². The largest absolute Gasteiger partial charge is 0.373 e. The van der Waals surface area contributed by atoms with Gasteiger partial charge in [-0.1, -0.05) is 54.6 Å². The minimum atomic E-state index is -0.485. The summed E-state index contributed by atoms with van der Waals surface area (Å²) in [6.45, 7) is 7.56. The molecule has 2 heterocycles. The van der Waals surface area contributed by atoms with E-state index in [1.54, 1.807) is 10.9 Å². The Morgan fingerprint density at radius 3 is 2.35 bits per heavy atom. The highest BCUT2D eigenvalue weighted by Crippen LogP contribution is 2.18. The topological polar surface area (TPSA) is 59.4 Å². The molecular formula is C25H30N4O2. The van der Waals surface area contributed by atoms with Gasteiger partial charge in [0.25, 0.3) is 0 Å². The summed E-state index contributed by atoms with van der Waals surface area (Å²) in [5, 5.41) is 7.36. The molecule has 1 saturated heterocycles. The SMILES string of the molecule is CC1CN(Cc2ccc(CNC(=O)C(c3ccccc3)n3cccn3)cc2)CC(C)O1. The number of hydrogen-bond acceptors (Lipinski definition) is 4. The minimum Gasteiger partial charge on any atom is -0.373 e. The maximum Gasteiger partial charge on any atom is 0.249 e. The van der Waals surface area contributed by atoms with Crippen LogP contribution in [0.1, 0.15) is 36.6 Å². The maximum atomic E-state index is 13.0. The number of nitrogens with zero attached hydrogens (tertiary/aromatic N) is 3. The third kappa shape index (κ3) is 5.60. The second-order valence-corrected chi connectivity index (χ2v) is 8.28. The molecule has 1 N–H and O–H groups in total. The summed E-state index contributed by atoms with van der Waals surface area (Å²) in [5.74, 6) is -0.0738. The number of ether oxygens (including phenoxy) is 1. The van der Waals surface area contributed by atoms with Crippen molar-refractivity contribution in [3.05, 3.63) is 89.7 Å². The highest BCUT2D eigenvalue weighted by atomic mass is 16.5. The lowest BCUT2D eigenvalue weighted by atomic mass is 10.1. The molecular weight excluding hydrogens is 388 g/mol. The number of aromatic nitrogens is 2. The van der Waals surface area contributed by atoms with Crippen LogP contribution in [0.4, 0.5) is 0 Å². The van der Waals surface area contributed by atoms with Gasteiger partial charge in [-0.2, -0.15) is 5.10 Å². The van der Waals surface area contributed by atoms with E-state index in [4.69, 9.17) is 4.74 Å². The van der Waals surface area contributed by atoms with Gasteiger partial charge in [0.05, 0.1) is 12.2 Å². The van der Waals surface area contributed by atoms with Gasteiger partial charge in [-0.05, 0) is 36.6 Å². The number of rotatable bonds is 7. The van der Waals surface area contributed by atoms with Crippen LogP contribution in [0.25, 0.3) is 0 Å². The fourth-order valence-electron chi connectivity index (χ4n) is 4.21. The molecule has 0 aliphatic carbocycles. The van der Waals surface area contributed by atoms with E-state index in [-0.39, 0.29) is 18.1 Å². The molecule has 0 spiro atoms. The number of nitrogens with one attached hydrogen (secondary N) is 1. The summed E-state index contributed by atoms with van der Waals surface area (Å²) in [4.78, 5) is 15.5. The van der Waals surface area contributed by atoms with E-state index < -0.39 is 6.04 Å². The zero-order valence-corrected chi connectivity index (χ0v) is 18.1. The van der Waals surface area contributed by atoms with Crippen molar-refractivity contribution in [3.63, 3.8) is 0 Å². The standard InChI is InChI=1S/C25H30N4O2/c1-19-16-28(17-20(2)31-19)18-22-11-9-21(10-12-22)15-26-25(30)24(29-14-6-13-27-29)23-7-4-3-5-8-23/h3-14,19-20,24H,15-18H2,1-2H3,(H,26,30). The Kier molecular flexibility index (Phi) is 6.79. The van der Waals surface area contributed by atoms with Gasteiger partial charge in [-0.3, -0.25) is 14.4 Å². The highest BCUT2D eigenvalue weighted by Gasteiger charge is 2.23. The van der Waals surface area contributed by atoms with Crippen LogP contribution < -0.4 is 5.32 Å². The zero-order chi connectivity index (χ0) is 21.6. The Hall–Kier alpha value is -2.96. The molecule has 6 heteroatoms. The van der Waals surface area contributed by atoms with Crippen molar-refractivity contribution in [1.82, 2.24) is 20.0 Å². The van der Waals surface area contributed by atoms with Gasteiger partial charge in [0.2, 0.25) is 5.91 Å². The normalized spacial score (nSPS) is 20.3. The summed E-state index contributed by atoms with van der Waals surface area (Å²) in [6.07, 6.45) is 4.05. The van der Waals surface area contributed by atoms with Gasteiger partial charge in [0.1, 0.15) is 0 Å². The van der Waals surface area contributed by atoms with Crippen LogP contribution in [0, 0.1) is 0 Å². The van der Waals surface area contributed by atoms with Crippen LogP contribution in [0.3, 0.4) is 0 Å². The van der Waals surface area contributed by atoms with E-state index in [1.165, 1.54) is 5.56 Å². The molecule has 162 valence electrons. The summed E-state index contributed by atoms with van der Waals surface area (Å²) >= 11 is 0. The van der Waals surface area contributed by atoms with E-state index in [9.17, 15) is 4.79 Å². The van der Waals surface area contributed by atoms with E-state index in [2.05, 4.69) is 53.4 Å². The Balaban J connectivity index is 1.36. The molecule has 1 aliphatic heterocycles. The van der Waals surface area contributed by atoms with Crippen LogP contribution >= 0.6 is 0 Å². The van der Waals surface area contributed by atoms with Crippen LogP contribution in [0.15, 0.2) is 73.1 Å². The molecule has 3 atom stereocenters. The van der Waals surface area contributed by atoms with Gasteiger partial charge in [-0.15, -0.1) is 0 Å². The van der Waals surface area contributed by atoms with E-state index in [0.29, 0.717) is 6.54 Å². The molecule has 0 saturated carbocycles. The lowest BCUT2D eigenvalue weighted by Crippen LogP contribution is -2.44. The molecule has 4 rings (SSSR count). The summed E-state index contributed by atoms with van der Waals surface area (Å²) in [6, 6.07) is 19.6. The van der Waals surface area contributed by atoms with Gasteiger partial charge in [-0.25, -0.2) is 0 Å². The van der Waals surface area contributed by atoms with E-state index in [1.807, 2.05) is 42.6 Å². The highest BCUT2D eigenvalue weighted by molar-refractivity contribution is 5.83. The predicted molar refractivity (Wildman–Crippen MR) is 120 cm³/mol. The first-order chi connectivity index (χ1) is 15.1. The first-order valence-electron chi connectivity index (χ1n) is 10.9. The molecule has 2 aromatic carbocycles. The molecule has 6 nitrogen and oxygen atoms in total. The van der Waals surface area contributed by atoms with Crippen molar-refractivity contribution >= 4 is 5.91 Å². The second-order valence-electron chi connectivity index (χ2n) is 8.28. The lowest BCUT2D eigenvalue weighted by Gasteiger charge is -2.35. The third-order valence-corrected chi connectivity index (χ3v) is 5.54. The fourth-order valence-corrected chi connectivity index (χ4v) is 4.21. The summed E-state index contributed by atoms with van der Waals surface area (Å²) in [5.41, 5.74) is 3.26. The Bertz CT molecular complexity index is 947. The average molecular weight is 419 g/mol. The fraction of sp³-hybridized carbons (Fsp3) is 0.360. The number of amides is 1. The molecule has 31 heavy (non-hydrogen) atoms. The minimum absolute atomic E-state index is 0.0738. The number of carbonyl (C=O) groups is 1. The van der Waals surface area contributed by atoms with Gasteiger partial charge < -0.3 is 10.1 Å². The molecule has 0 bridgehead atoms. The smallest absolute Gasteiger partial charge is 0.249 e. The number of carbonyl (C=O) groups excluding carboxylic acids is 1. The summed E-state index contributed by atoms with van der Waals surface area (Å²) < 4.78 is 7.51. The molecule has 3 unspecified atom stereocenters. The Labute approximate surface area is 183 Å². The second kappa shape index (κ2) is 9.90.